The molecule has 0 aliphatic carbocycles. The average molecular weight is 418 g/mol. The number of benzene rings is 2. The van der Waals surface area contributed by atoms with E-state index in [9.17, 15) is 13.2 Å². The fourth-order valence-electron chi connectivity index (χ4n) is 3.58. The first-order valence-electron chi connectivity index (χ1n) is 9.68. The molecule has 0 aromatic heterocycles. The molecule has 2 aromatic carbocycles. The molecule has 3 rings (SSSR count). The molecule has 1 aliphatic heterocycles. The van der Waals surface area contributed by atoms with Crippen LogP contribution in [0.5, 0.6) is 5.75 Å². The first kappa shape index (κ1) is 21.3. The number of primary amides is 1. The Hall–Kier alpha value is -2.42. The van der Waals surface area contributed by atoms with Gasteiger partial charge in [0.15, 0.2) is 0 Å². The van der Waals surface area contributed by atoms with Gasteiger partial charge in [0.1, 0.15) is 5.75 Å². The Labute approximate surface area is 171 Å². The highest BCUT2D eigenvalue weighted by Crippen LogP contribution is 2.26. The highest BCUT2D eigenvalue weighted by molar-refractivity contribution is 7.89. The maximum atomic E-state index is 12.8. The van der Waals surface area contributed by atoms with Crippen molar-refractivity contribution in [3.05, 3.63) is 59.7 Å². The van der Waals surface area contributed by atoms with E-state index in [0.717, 1.165) is 37.2 Å². The summed E-state index contributed by atoms with van der Waals surface area (Å²) in [6.45, 7) is 2.13. The monoisotopic (exact) mass is 417 g/mol. The molecule has 0 radical (unpaired) electrons. The van der Waals surface area contributed by atoms with E-state index in [1.807, 2.05) is 24.3 Å². The summed E-state index contributed by atoms with van der Waals surface area (Å²) >= 11 is 0. The predicted molar refractivity (Wildman–Crippen MR) is 111 cm³/mol. The van der Waals surface area contributed by atoms with Crippen molar-refractivity contribution in [2.75, 3.05) is 26.7 Å². The van der Waals surface area contributed by atoms with Gasteiger partial charge in [-0.1, -0.05) is 18.6 Å². The Balaban J connectivity index is 1.78. The van der Waals surface area contributed by atoms with Gasteiger partial charge in [-0.05, 0) is 67.9 Å². The summed E-state index contributed by atoms with van der Waals surface area (Å²) in [6, 6.07) is 13.3. The van der Waals surface area contributed by atoms with E-state index in [4.69, 9.17) is 10.5 Å². The molecule has 1 aliphatic rings. The molecule has 1 saturated heterocycles. The number of carbonyl (C=O) groups excluding carboxylic acids is 1. The summed E-state index contributed by atoms with van der Waals surface area (Å²) in [5, 5.41) is 0. The fraction of sp³-hybridized carbons (Fsp3) is 0.381. The van der Waals surface area contributed by atoms with E-state index in [0.29, 0.717) is 0 Å². The summed E-state index contributed by atoms with van der Waals surface area (Å²) in [6.07, 6.45) is 3.41. The van der Waals surface area contributed by atoms with Gasteiger partial charge in [0, 0.05) is 18.2 Å². The Morgan fingerprint density at radius 2 is 1.69 bits per heavy atom. The number of likely N-dealkylation sites (tertiary alicyclic amines) is 1. The standard InChI is InChI=1S/C21H27N3O4S/c1-28-18-9-5-16(6-10-18)20(24-13-3-2-4-14-24)15-23-29(26,27)19-11-7-17(8-12-19)21(22)25/h5-12,20,23H,2-4,13-15H2,1H3,(H2,22,25). The van der Waals surface area contributed by atoms with Crippen LogP contribution in [-0.4, -0.2) is 46.0 Å². The number of nitrogens with zero attached hydrogens (tertiary/aromatic N) is 1. The molecule has 1 heterocycles. The summed E-state index contributed by atoms with van der Waals surface area (Å²) < 4.78 is 33.5. The van der Waals surface area contributed by atoms with E-state index in [2.05, 4.69) is 9.62 Å². The van der Waals surface area contributed by atoms with Crippen LogP contribution in [0.1, 0.15) is 41.2 Å². The maximum absolute atomic E-state index is 12.8. The molecular weight excluding hydrogens is 390 g/mol. The Kier molecular flexibility index (Phi) is 6.89. The van der Waals surface area contributed by atoms with Crippen LogP contribution in [0.4, 0.5) is 0 Å². The lowest BCUT2D eigenvalue weighted by molar-refractivity contribution is 0.1000. The van der Waals surface area contributed by atoms with Gasteiger partial charge in [0.05, 0.1) is 12.0 Å². The second-order valence-corrected chi connectivity index (χ2v) is 8.89. The number of nitrogens with one attached hydrogen (secondary N) is 1. The zero-order valence-corrected chi connectivity index (χ0v) is 17.3. The number of piperidine rings is 1. The third kappa shape index (κ3) is 5.35. The topological polar surface area (TPSA) is 102 Å². The summed E-state index contributed by atoms with van der Waals surface area (Å²) in [5.74, 6) is 0.174. The number of ether oxygens (including phenoxy) is 1. The normalized spacial score (nSPS) is 16.3. The zero-order chi connectivity index (χ0) is 20.9. The van der Waals surface area contributed by atoms with Crippen LogP contribution in [0.2, 0.25) is 0 Å². The minimum absolute atomic E-state index is 0.0686. The van der Waals surface area contributed by atoms with Crippen molar-refractivity contribution >= 4 is 15.9 Å². The molecule has 1 unspecified atom stereocenters. The first-order valence-corrected chi connectivity index (χ1v) is 11.2. The van der Waals surface area contributed by atoms with Crippen LogP contribution >= 0.6 is 0 Å². The molecule has 1 fully saturated rings. The number of methoxy groups -OCH3 is 1. The van der Waals surface area contributed by atoms with Gasteiger partial charge in [-0.25, -0.2) is 13.1 Å². The van der Waals surface area contributed by atoms with Gasteiger partial charge in [-0.15, -0.1) is 0 Å². The summed E-state index contributed by atoms with van der Waals surface area (Å²) in [7, 11) is -2.09. The van der Waals surface area contributed by atoms with Crippen molar-refractivity contribution in [3.63, 3.8) is 0 Å². The molecule has 3 N–H and O–H groups in total. The molecule has 2 aromatic rings. The number of hydrogen-bond donors (Lipinski definition) is 2. The molecule has 0 spiro atoms. The third-order valence-electron chi connectivity index (χ3n) is 5.25. The molecule has 0 saturated carbocycles. The van der Waals surface area contributed by atoms with Crippen LogP contribution in [0.15, 0.2) is 53.4 Å². The lowest BCUT2D eigenvalue weighted by atomic mass is 10.0. The minimum Gasteiger partial charge on any atom is -0.497 e. The van der Waals surface area contributed by atoms with Crippen LogP contribution in [0.25, 0.3) is 0 Å². The summed E-state index contributed by atoms with van der Waals surface area (Å²) in [4.78, 5) is 13.6. The van der Waals surface area contributed by atoms with Gasteiger partial charge in [-0.2, -0.15) is 0 Å². The molecular formula is C21H27N3O4S. The molecule has 1 atom stereocenters. The molecule has 7 nitrogen and oxygen atoms in total. The number of sulfonamides is 1. The van der Waals surface area contributed by atoms with Crippen molar-refractivity contribution in [2.45, 2.75) is 30.2 Å². The quantitative estimate of drug-likeness (QED) is 0.686. The third-order valence-corrected chi connectivity index (χ3v) is 6.69. The number of nitrogens with two attached hydrogens (primary N) is 1. The van der Waals surface area contributed by atoms with Gasteiger partial charge < -0.3 is 10.5 Å². The van der Waals surface area contributed by atoms with E-state index in [1.165, 1.54) is 30.7 Å². The van der Waals surface area contributed by atoms with Crippen molar-refractivity contribution in [2.24, 2.45) is 5.73 Å². The highest BCUT2D eigenvalue weighted by atomic mass is 32.2. The Morgan fingerprint density at radius 3 is 2.24 bits per heavy atom. The van der Waals surface area contributed by atoms with Crippen LogP contribution in [-0.2, 0) is 10.0 Å². The van der Waals surface area contributed by atoms with Gasteiger partial charge in [0.25, 0.3) is 0 Å². The average Bonchev–Trinajstić information content (AvgIpc) is 2.75. The first-order chi connectivity index (χ1) is 13.9. The van der Waals surface area contributed by atoms with E-state index in [1.54, 1.807) is 7.11 Å². The Morgan fingerprint density at radius 1 is 1.07 bits per heavy atom. The maximum Gasteiger partial charge on any atom is 0.248 e. The fourth-order valence-corrected chi connectivity index (χ4v) is 4.62. The second kappa shape index (κ2) is 9.39. The van der Waals surface area contributed by atoms with Crippen molar-refractivity contribution in [3.8, 4) is 5.75 Å². The summed E-state index contributed by atoms with van der Waals surface area (Å²) in [5.41, 5.74) is 6.53. The Bertz CT molecular complexity index is 921. The van der Waals surface area contributed by atoms with Crippen molar-refractivity contribution in [1.29, 1.82) is 0 Å². The molecule has 8 heteroatoms. The molecule has 156 valence electrons. The number of hydrogen-bond acceptors (Lipinski definition) is 5. The SMILES string of the molecule is COc1ccc(C(CNS(=O)(=O)c2ccc(C(N)=O)cc2)N2CCCCC2)cc1. The molecule has 0 bridgehead atoms. The number of amides is 1. The largest absolute Gasteiger partial charge is 0.497 e. The molecule has 1 amide bonds. The van der Waals surface area contributed by atoms with Gasteiger partial charge in [-0.3, -0.25) is 9.69 Å². The van der Waals surface area contributed by atoms with Crippen molar-refractivity contribution < 1.29 is 17.9 Å². The zero-order valence-electron chi connectivity index (χ0n) is 16.5. The minimum atomic E-state index is -3.71. The second-order valence-electron chi connectivity index (χ2n) is 7.13. The number of carbonyl (C=O) groups is 1. The van der Waals surface area contributed by atoms with E-state index >= 15 is 0 Å². The predicted octanol–water partition coefficient (Wildman–Crippen LogP) is 2.30. The smallest absolute Gasteiger partial charge is 0.248 e. The van der Waals surface area contributed by atoms with Crippen molar-refractivity contribution in [1.82, 2.24) is 9.62 Å². The lowest BCUT2D eigenvalue weighted by Crippen LogP contribution is -2.40. The van der Waals surface area contributed by atoms with Crippen LogP contribution in [0, 0.1) is 0 Å². The number of rotatable bonds is 8. The van der Waals surface area contributed by atoms with Gasteiger partial charge >= 0.3 is 0 Å². The lowest BCUT2D eigenvalue weighted by Gasteiger charge is -2.35. The van der Waals surface area contributed by atoms with E-state index in [-0.39, 0.29) is 23.0 Å². The van der Waals surface area contributed by atoms with Crippen LogP contribution in [0.3, 0.4) is 0 Å². The molecule has 29 heavy (non-hydrogen) atoms. The highest BCUT2D eigenvalue weighted by Gasteiger charge is 2.25. The van der Waals surface area contributed by atoms with Crippen LogP contribution < -0.4 is 15.2 Å². The van der Waals surface area contributed by atoms with E-state index < -0.39 is 15.9 Å². The van der Waals surface area contributed by atoms with Gasteiger partial charge in [0.2, 0.25) is 15.9 Å².